The molecule has 1 aromatic rings. The van der Waals surface area contributed by atoms with Gasteiger partial charge in [0.1, 0.15) is 0 Å². The van der Waals surface area contributed by atoms with Crippen LogP contribution < -0.4 is 10.6 Å². The van der Waals surface area contributed by atoms with Crippen LogP contribution in [0.4, 0.5) is 5.69 Å². The van der Waals surface area contributed by atoms with Gasteiger partial charge in [0.2, 0.25) is 0 Å². The summed E-state index contributed by atoms with van der Waals surface area (Å²) in [7, 11) is 0. The molecule has 2 N–H and O–H groups in total. The van der Waals surface area contributed by atoms with Crippen LogP contribution in [0.5, 0.6) is 0 Å². The SMILES string of the molecule is CCN(CC(N)CC(C)C)c1ccc(C)cc1. The van der Waals surface area contributed by atoms with Gasteiger partial charge in [0, 0.05) is 24.8 Å². The molecule has 1 aromatic carbocycles. The minimum absolute atomic E-state index is 0.260. The van der Waals surface area contributed by atoms with Crippen LogP contribution in [0.2, 0.25) is 0 Å². The van der Waals surface area contributed by atoms with E-state index < -0.39 is 0 Å². The number of benzene rings is 1. The van der Waals surface area contributed by atoms with Crippen LogP contribution in [0.25, 0.3) is 0 Å². The van der Waals surface area contributed by atoms with Crippen LogP contribution in [0.3, 0.4) is 0 Å². The Bertz CT molecular complexity index is 316. The number of likely N-dealkylation sites (N-methyl/N-ethyl adjacent to an activating group) is 1. The van der Waals surface area contributed by atoms with E-state index in [1.807, 2.05) is 0 Å². The smallest absolute Gasteiger partial charge is 0.0366 e. The van der Waals surface area contributed by atoms with Crippen molar-refractivity contribution < 1.29 is 0 Å². The van der Waals surface area contributed by atoms with Crippen molar-refractivity contribution >= 4 is 5.69 Å². The van der Waals surface area contributed by atoms with Crippen molar-refractivity contribution in [2.24, 2.45) is 11.7 Å². The number of aryl methyl sites for hydroxylation is 1. The molecule has 0 fully saturated rings. The predicted octanol–water partition coefficient (Wildman–Crippen LogP) is 3.19. The molecule has 0 aliphatic rings. The maximum atomic E-state index is 6.18. The number of rotatable bonds is 6. The molecule has 2 heteroatoms. The molecule has 0 aliphatic heterocycles. The van der Waals surface area contributed by atoms with Crippen molar-refractivity contribution in [3.05, 3.63) is 29.8 Å². The Hall–Kier alpha value is -1.02. The molecule has 0 saturated heterocycles. The zero-order valence-electron chi connectivity index (χ0n) is 11.6. The normalized spacial score (nSPS) is 12.8. The van der Waals surface area contributed by atoms with Gasteiger partial charge >= 0.3 is 0 Å². The van der Waals surface area contributed by atoms with Crippen molar-refractivity contribution in [2.75, 3.05) is 18.0 Å². The Balaban J connectivity index is 2.62. The molecule has 1 unspecified atom stereocenters. The van der Waals surface area contributed by atoms with Gasteiger partial charge in [-0.25, -0.2) is 0 Å². The fourth-order valence-electron chi connectivity index (χ4n) is 2.14. The summed E-state index contributed by atoms with van der Waals surface area (Å²) >= 11 is 0. The third-order valence-corrected chi connectivity index (χ3v) is 3.01. The van der Waals surface area contributed by atoms with E-state index in [1.165, 1.54) is 11.3 Å². The molecule has 2 nitrogen and oxygen atoms in total. The molecule has 0 aromatic heterocycles. The Morgan fingerprint density at radius 3 is 2.24 bits per heavy atom. The van der Waals surface area contributed by atoms with Gasteiger partial charge in [-0.1, -0.05) is 31.5 Å². The second-order valence-electron chi connectivity index (χ2n) is 5.26. The lowest BCUT2D eigenvalue weighted by Gasteiger charge is -2.27. The highest BCUT2D eigenvalue weighted by Crippen LogP contribution is 2.16. The van der Waals surface area contributed by atoms with E-state index in [1.54, 1.807) is 0 Å². The van der Waals surface area contributed by atoms with E-state index in [0.717, 1.165) is 19.5 Å². The summed E-state index contributed by atoms with van der Waals surface area (Å²) in [6.07, 6.45) is 1.09. The zero-order valence-corrected chi connectivity index (χ0v) is 11.6. The van der Waals surface area contributed by atoms with Crippen LogP contribution in [-0.4, -0.2) is 19.1 Å². The highest BCUT2D eigenvalue weighted by Gasteiger charge is 2.11. The summed E-state index contributed by atoms with van der Waals surface area (Å²) in [6, 6.07) is 8.94. The van der Waals surface area contributed by atoms with Crippen LogP contribution in [0.1, 0.15) is 32.8 Å². The van der Waals surface area contributed by atoms with E-state index in [4.69, 9.17) is 5.73 Å². The summed E-state index contributed by atoms with van der Waals surface area (Å²) in [4.78, 5) is 2.35. The first kappa shape index (κ1) is 14.0. The van der Waals surface area contributed by atoms with Gasteiger partial charge < -0.3 is 10.6 Å². The topological polar surface area (TPSA) is 29.3 Å². The molecule has 0 amide bonds. The van der Waals surface area contributed by atoms with Gasteiger partial charge in [-0.2, -0.15) is 0 Å². The minimum atomic E-state index is 0.260. The average molecular weight is 234 g/mol. The second-order valence-corrected chi connectivity index (χ2v) is 5.26. The van der Waals surface area contributed by atoms with Gasteiger partial charge in [0.15, 0.2) is 0 Å². The standard InChI is InChI=1S/C15H26N2/c1-5-17(11-14(16)10-12(2)3)15-8-6-13(4)7-9-15/h6-9,12,14H,5,10-11,16H2,1-4H3. The lowest BCUT2D eigenvalue weighted by atomic mass is 10.0. The maximum absolute atomic E-state index is 6.18. The van der Waals surface area contributed by atoms with Crippen molar-refractivity contribution in [3.63, 3.8) is 0 Å². The maximum Gasteiger partial charge on any atom is 0.0366 e. The van der Waals surface area contributed by atoms with E-state index >= 15 is 0 Å². The Morgan fingerprint density at radius 1 is 1.18 bits per heavy atom. The third kappa shape index (κ3) is 4.78. The van der Waals surface area contributed by atoms with Crippen LogP contribution in [0.15, 0.2) is 24.3 Å². The highest BCUT2D eigenvalue weighted by atomic mass is 15.1. The van der Waals surface area contributed by atoms with Crippen molar-refractivity contribution in [3.8, 4) is 0 Å². The molecule has 0 bridgehead atoms. The molecule has 0 heterocycles. The first-order valence-electron chi connectivity index (χ1n) is 6.60. The summed E-state index contributed by atoms with van der Waals surface area (Å²) in [5, 5.41) is 0. The lowest BCUT2D eigenvalue weighted by Crippen LogP contribution is -2.38. The summed E-state index contributed by atoms with van der Waals surface area (Å²) < 4.78 is 0. The van der Waals surface area contributed by atoms with Crippen LogP contribution in [0, 0.1) is 12.8 Å². The Morgan fingerprint density at radius 2 is 1.76 bits per heavy atom. The molecule has 96 valence electrons. The summed E-state index contributed by atoms with van der Waals surface area (Å²) in [5.74, 6) is 0.668. The summed E-state index contributed by atoms with van der Waals surface area (Å²) in [6.45, 7) is 10.7. The number of anilines is 1. The van der Waals surface area contributed by atoms with Crippen molar-refractivity contribution in [2.45, 2.75) is 40.2 Å². The van der Waals surface area contributed by atoms with Gasteiger partial charge in [-0.15, -0.1) is 0 Å². The predicted molar refractivity (Wildman–Crippen MR) is 76.5 cm³/mol. The third-order valence-electron chi connectivity index (χ3n) is 3.01. The molecular weight excluding hydrogens is 208 g/mol. The highest BCUT2D eigenvalue weighted by molar-refractivity contribution is 5.47. The van der Waals surface area contributed by atoms with Gasteiger partial charge in [-0.3, -0.25) is 0 Å². The monoisotopic (exact) mass is 234 g/mol. The first-order valence-corrected chi connectivity index (χ1v) is 6.60. The molecule has 0 aliphatic carbocycles. The van der Waals surface area contributed by atoms with Gasteiger partial charge in [0.05, 0.1) is 0 Å². The van der Waals surface area contributed by atoms with Gasteiger partial charge in [0.25, 0.3) is 0 Å². The Labute approximate surface area is 106 Å². The van der Waals surface area contributed by atoms with Gasteiger partial charge in [-0.05, 0) is 38.3 Å². The number of hydrogen-bond donors (Lipinski definition) is 1. The first-order chi connectivity index (χ1) is 8.02. The van der Waals surface area contributed by atoms with Crippen LogP contribution >= 0.6 is 0 Å². The van der Waals surface area contributed by atoms with E-state index in [2.05, 4.69) is 56.9 Å². The lowest BCUT2D eigenvalue weighted by molar-refractivity contribution is 0.491. The van der Waals surface area contributed by atoms with E-state index in [0.29, 0.717) is 5.92 Å². The average Bonchev–Trinajstić information content (AvgIpc) is 2.26. The number of nitrogens with two attached hydrogens (primary N) is 1. The van der Waals surface area contributed by atoms with E-state index in [-0.39, 0.29) is 6.04 Å². The zero-order chi connectivity index (χ0) is 12.8. The second kappa shape index (κ2) is 6.65. The number of hydrogen-bond acceptors (Lipinski definition) is 2. The summed E-state index contributed by atoms with van der Waals surface area (Å²) in [5.41, 5.74) is 8.75. The minimum Gasteiger partial charge on any atom is -0.370 e. The quantitative estimate of drug-likeness (QED) is 0.819. The molecule has 0 spiro atoms. The molecule has 1 atom stereocenters. The molecule has 17 heavy (non-hydrogen) atoms. The fourth-order valence-corrected chi connectivity index (χ4v) is 2.14. The van der Waals surface area contributed by atoms with E-state index in [9.17, 15) is 0 Å². The number of nitrogens with zero attached hydrogens (tertiary/aromatic N) is 1. The molecule has 0 radical (unpaired) electrons. The Kier molecular flexibility index (Phi) is 5.49. The van der Waals surface area contributed by atoms with Crippen molar-refractivity contribution in [1.29, 1.82) is 0 Å². The fraction of sp³-hybridized carbons (Fsp3) is 0.600. The molecular formula is C15H26N2. The largest absolute Gasteiger partial charge is 0.370 e. The molecule has 0 saturated carbocycles. The van der Waals surface area contributed by atoms with Crippen LogP contribution in [-0.2, 0) is 0 Å². The molecule has 1 rings (SSSR count). The van der Waals surface area contributed by atoms with Crippen molar-refractivity contribution in [1.82, 2.24) is 0 Å².